The van der Waals surface area contributed by atoms with Crippen LogP contribution in [0, 0.1) is 5.92 Å². The van der Waals surface area contributed by atoms with Crippen molar-refractivity contribution in [2.45, 2.75) is 25.8 Å². The molecule has 1 fully saturated rings. The van der Waals surface area contributed by atoms with Crippen LogP contribution in [0.4, 0.5) is 10.5 Å². The number of hydrogen-bond donors (Lipinski definition) is 1. The van der Waals surface area contributed by atoms with E-state index < -0.39 is 0 Å². The fraction of sp³-hybridized carbons (Fsp3) is 0.462. The SMILES string of the molecule is C[C@@H](C1CC1)N(C)C(=O)Nc1ccccc1. The van der Waals surface area contributed by atoms with Crippen molar-refractivity contribution in [1.82, 2.24) is 4.90 Å². The molecule has 3 heteroatoms. The number of nitrogens with zero attached hydrogens (tertiary/aromatic N) is 1. The molecule has 0 aliphatic heterocycles. The highest BCUT2D eigenvalue weighted by Gasteiger charge is 2.32. The molecule has 3 nitrogen and oxygen atoms in total. The van der Waals surface area contributed by atoms with E-state index in [4.69, 9.17) is 0 Å². The Hall–Kier alpha value is -1.51. The lowest BCUT2D eigenvalue weighted by Crippen LogP contribution is -2.39. The number of amides is 2. The molecule has 0 radical (unpaired) electrons. The first kappa shape index (κ1) is 11.0. The molecule has 0 saturated heterocycles. The molecular formula is C13H18N2O. The van der Waals surface area contributed by atoms with Crippen LogP contribution in [0.15, 0.2) is 30.3 Å². The highest BCUT2D eigenvalue weighted by Crippen LogP contribution is 2.34. The fourth-order valence-electron chi connectivity index (χ4n) is 1.81. The predicted octanol–water partition coefficient (Wildman–Crippen LogP) is 2.95. The molecule has 1 aliphatic rings. The van der Waals surface area contributed by atoms with Crippen molar-refractivity contribution < 1.29 is 4.79 Å². The van der Waals surface area contributed by atoms with E-state index >= 15 is 0 Å². The van der Waals surface area contributed by atoms with Crippen molar-refractivity contribution in [1.29, 1.82) is 0 Å². The second-order valence-corrected chi connectivity index (χ2v) is 4.49. The Labute approximate surface area is 96.5 Å². The standard InChI is InChI=1S/C13H18N2O/c1-10(11-8-9-11)15(2)13(16)14-12-6-4-3-5-7-12/h3-7,10-11H,8-9H2,1-2H3,(H,14,16)/t10-/m0/s1. The van der Waals surface area contributed by atoms with Crippen molar-refractivity contribution >= 4 is 11.7 Å². The third kappa shape index (κ3) is 2.54. The molecule has 1 aromatic carbocycles. The molecule has 1 atom stereocenters. The average molecular weight is 218 g/mol. The fourth-order valence-corrected chi connectivity index (χ4v) is 1.81. The van der Waals surface area contributed by atoms with Crippen LogP contribution in [0.1, 0.15) is 19.8 Å². The van der Waals surface area contributed by atoms with Crippen LogP contribution >= 0.6 is 0 Å². The van der Waals surface area contributed by atoms with E-state index in [1.165, 1.54) is 12.8 Å². The van der Waals surface area contributed by atoms with Crippen LogP contribution in [0.25, 0.3) is 0 Å². The Balaban J connectivity index is 1.92. The minimum absolute atomic E-state index is 0.0226. The average Bonchev–Trinajstić information content (AvgIpc) is 3.12. The molecule has 1 N–H and O–H groups in total. The second kappa shape index (κ2) is 4.56. The van der Waals surface area contributed by atoms with Crippen molar-refractivity contribution in [3.05, 3.63) is 30.3 Å². The van der Waals surface area contributed by atoms with Gasteiger partial charge in [-0.3, -0.25) is 0 Å². The first-order valence-corrected chi connectivity index (χ1v) is 5.77. The van der Waals surface area contributed by atoms with Crippen molar-refractivity contribution in [2.24, 2.45) is 5.92 Å². The number of anilines is 1. The Bertz CT molecular complexity index is 359. The third-order valence-corrected chi connectivity index (χ3v) is 3.26. The number of benzene rings is 1. The molecule has 1 aliphatic carbocycles. The summed E-state index contributed by atoms with van der Waals surface area (Å²) < 4.78 is 0. The quantitative estimate of drug-likeness (QED) is 0.831. The molecule has 0 bridgehead atoms. The summed E-state index contributed by atoms with van der Waals surface area (Å²) in [5.74, 6) is 0.700. The molecule has 0 spiro atoms. The summed E-state index contributed by atoms with van der Waals surface area (Å²) in [5.41, 5.74) is 0.849. The third-order valence-electron chi connectivity index (χ3n) is 3.26. The molecule has 1 saturated carbocycles. The molecule has 0 unspecified atom stereocenters. The summed E-state index contributed by atoms with van der Waals surface area (Å²) in [4.78, 5) is 13.7. The largest absolute Gasteiger partial charge is 0.325 e. The molecular weight excluding hydrogens is 200 g/mol. The number of nitrogens with one attached hydrogen (secondary N) is 1. The maximum atomic E-state index is 11.9. The first-order chi connectivity index (χ1) is 7.68. The molecule has 0 heterocycles. The monoisotopic (exact) mass is 218 g/mol. The summed E-state index contributed by atoms with van der Waals surface area (Å²) in [6.07, 6.45) is 2.51. The lowest BCUT2D eigenvalue weighted by molar-refractivity contribution is 0.201. The van der Waals surface area contributed by atoms with Gasteiger partial charge in [0.25, 0.3) is 0 Å². The van der Waals surface area contributed by atoms with Crippen molar-refractivity contribution in [3.63, 3.8) is 0 Å². The zero-order valence-corrected chi connectivity index (χ0v) is 9.81. The highest BCUT2D eigenvalue weighted by molar-refractivity contribution is 5.89. The molecule has 1 aromatic rings. The Morgan fingerprint density at radius 2 is 2.00 bits per heavy atom. The number of para-hydroxylation sites is 1. The molecule has 0 aromatic heterocycles. The number of carbonyl (C=O) groups is 1. The Morgan fingerprint density at radius 1 is 1.38 bits per heavy atom. The van der Waals surface area contributed by atoms with Gasteiger partial charge >= 0.3 is 6.03 Å². The van der Waals surface area contributed by atoms with Gasteiger partial charge in [0.15, 0.2) is 0 Å². The summed E-state index contributed by atoms with van der Waals surface area (Å²) in [5, 5.41) is 2.89. The van der Waals surface area contributed by atoms with Gasteiger partial charge in [-0.05, 0) is 37.8 Å². The van der Waals surface area contributed by atoms with Gasteiger partial charge in [-0.15, -0.1) is 0 Å². The Kier molecular flexibility index (Phi) is 3.13. The van der Waals surface area contributed by atoms with Crippen molar-refractivity contribution in [2.75, 3.05) is 12.4 Å². The minimum Gasteiger partial charge on any atom is -0.325 e. The van der Waals surface area contributed by atoms with Gasteiger partial charge in [-0.1, -0.05) is 18.2 Å². The summed E-state index contributed by atoms with van der Waals surface area (Å²) in [6.45, 7) is 2.11. The minimum atomic E-state index is -0.0226. The number of hydrogen-bond acceptors (Lipinski definition) is 1. The van der Waals surface area contributed by atoms with E-state index in [0.717, 1.165) is 5.69 Å². The van der Waals surface area contributed by atoms with E-state index in [2.05, 4.69) is 12.2 Å². The molecule has 2 amide bonds. The van der Waals surface area contributed by atoms with E-state index in [1.54, 1.807) is 4.90 Å². The van der Waals surface area contributed by atoms with Gasteiger partial charge in [0.05, 0.1) is 0 Å². The van der Waals surface area contributed by atoms with Gasteiger partial charge in [0, 0.05) is 18.8 Å². The normalized spacial score (nSPS) is 16.6. The maximum Gasteiger partial charge on any atom is 0.321 e. The zero-order chi connectivity index (χ0) is 11.5. The first-order valence-electron chi connectivity index (χ1n) is 5.77. The van der Waals surface area contributed by atoms with Crippen LogP contribution in [0.2, 0.25) is 0 Å². The molecule has 2 rings (SSSR count). The number of urea groups is 1. The van der Waals surface area contributed by atoms with E-state index in [1.807, 2.05) is 37.4 Å². The van der Waals surface area contributed by atoms with Crippen LogP contribution < -0.4 is 5.32 Å². The van der Waals surface area contributed by atoms with Crippen LogP contribution in [0.5, 0.6) is 0 Å². The second-order valence-electron chi connectivity index (χ2n) is 4.49. The van der Waals surface area contributed by atoms with Gasteiger partial charge in [-0.25, -0.2) is 4.79 Å². The summed E-state index contributed by atoms with van der Waals surface area (Å²) in [7, 11) is 1.86. The van der Waals surface area contributed by atoms with E-state index in [-0.39, 0.29) is 6.03 Å². The van der Waals surface area contributed by atoms with Crippen LogP contribution in [-0.2, 0) is 0 Å². The van der Waals surface area contributed by atoms with E-state index in [9.17, 15) is 4.79 Å². The van der Waals surface area contributed by atoms with Gasteiger partial charge in [0.2, 0.25) is 0 Å². The maximum absolute atomic E-state index is 11.9. The van der Waals surface area contributed by atoms with Crippen LogP contribution in [0.3, 0.4) is 0 Å². The van der Waals surface area contributed by atoms with Gasteiger partial charge in [0.1, 0.15) is 0 Å². The van der Waals surface area contributed by atoms with Crippen LogP contribution in [-0.4, -0.2) is 24.0 Å². The molecule has 16 heavy (non-hydrogen) atoms. The lowest BCUT2D eigenvalue weighted by Gasteiger charge is -2.25. The highest BCUT2D eigenvalue weighted by atomic mass is 16.2. The zero-order valence-electron chi connectivity index (χ0n) is 9.81. The predicted molar refractivity (Wildman–Crippen MR) is 65.4 cm³/mol. The topological polar surface area (TPSA) is 32.3 Å². The molecule has 86 valence electrons. The van der Waals surface area contributed by atoms with Crippen molar-refractivity contribution in [3.8, 4) is 0 Å². The van der Waals surface area contributed by atoms with Gasteiger partial charge in [-0.2, -0.15) is 0 Å². The number of rotatable bonds is 3. The van der Waals surface area contributed by atoms with E-state index in [0.29, 0.717) is 12.0 Å². The Morgan fingerprint density at radius 3 is 2.56 bits per heavy atom. The summed E-state index contributed by atoms with van der Waals surface area (Å²) in [6, 6.07) is 9.88. The smallest absolute Gasteiger partial charge is 0.321 e. The number of carbonyl (C=O) groups excluding carboxylic acids is 1. The van der Waals surface area contributed by atoms with Gasteiger partial charge < -0.3 is 10.2 Å². The lowest BCUT2D eigenvalue weighted by atomic mass is 10.2. The summed E-state index contributed by atoms with van der Waals surface area (Å²) >= 11 is 0.